The number of ether oxygens (including phenoxy) is 1. The lowest BCUT2D eigenvalue weighted by Crippen LogP contribution is -2.16. The van der Waals surface area contributed by atoms with Gasteiger partial charge in [0.1, 0.15) is 5.75 Å². The number of pyridine rings is 1. The summed E-state index contributed by atoms with van der Waals surface area (Å²) in [6.45, 7) is 0. The first-order chi connectivity index (χ1) is 10.1. The van der Waals surface area contributed by atoms with Crippen molar-refractivity contribution in [3.05, 3.63) is 47.1 Å². The molecular formula is C13H6ClF6NO. The summed E-state index contributed by atoms with van der Waals surface area (Å²) in [6.07, 6.45) is -8.59. The van der Waals surface area contributed by atoms with Crippen molar-refractivity contribution in [2.45, 2.75) is 12.5 Å². The van der Waals surface area contributed by atoms with Crippen molar-refractivity contribution in [3.8, 4) is 17.0 Å². The number of hydrogen-bond donors (Lipinski definition) is 0. The summed E-state index contributed by atoms with van der Waals surface area (Å²) in [5.41, 5.74) is -1.13. The summed E-state index contributed by atoms with van der Waals surface area (Å²) < 4.78 is 78.0. The van der Waals surface area contributed by atoms with Gasteiger partial charge >= 0.3 is 12.5 Å². The number of nitrogens with zero attached hydrogens (tertiary/aromatic N) is 1. The first-order valence-electron chi connectivity index (χ1n) is 5.66. The highest BCUT2D eigenvalue weighted by Crippen LogP contribution is 2.39. The SMILES string of the molecule is FC(F)(F)Oc1ccc(-c2nccc(C(F)(F)F)c2Cl)cc1. The Labute approximate surface area is 125 Å². The highest BCUT2D eigenvalue weighted by molar-refractivity contribution is 6.33. The predicted molar refractivity (Wildman–Crippen MR) is 66.4 cm³/mol. The van der Waals surface area contributed by atoms with Gasteiger partial charge in [-0.2, -0.15) is 13.2 Å². The smallest absolute Gasteiger partial charge is 0.406 e. The van der Waals surface area contributed by atoms with Crippen molar-refractivity contribution in [1.29, 1.82) is 0 Å². The summed E-state index contributed by atoms with van der Waals surface area (Å²) in [5.74, 6) is -0.501. The van der Waals surface area contributed by atoms with Crippen LogP contribution < -0.4 is 4.74 Å². The van der Waals surface area contributed by atoms with E-state index in [1.165, 1.54) is 0 Å². The standard InChI is InChI=1S/C13H6ClF6NO/c14-10-9(12(15,16)17)5-6-21-11(10)7-1-3-8(4-2-7)22-13(18,19)20/h1-6H. The summed E-state index contributed by atoms with van der Waals surface area (Å²) in [6, 6.07) is 4.90. The van der Waals surface area contributed by atoms with E-state index in [4.69, 9.17) is 11.6 Å². The van der Waals surface area contributed by atoms with Crippen molar-refractivity contribution in [3.63, 3.8) is 0 Å². The monoisotopic (exact) mass is 341 g/mol. The van der Waals surface area contributed by atoms with E-state index in [0.29, 0.717) is 6.07 Å². The van der Waals surface area contributed by atoms with Gasteiger partial charge in [0.15, 0.2) is 0 Å². The Bertz CT molecular complexity index is 666. The van der Waals surface area contributed by atoms with Crippen LogP contribution >= 0.6 is 11.6 Å². The Morgan fingerprint density at radius 2 is 1.50 bits per heavy atom. The molecule has 0 N–H and O–H groups in total. The van der Waals surface area contributed by atoms with E-state index in [-0.39, 0.29) is 11.3 Å². The number of hydrogen-bond acceptors (Lipinski definition) is 2. The number of benzene rings is 1. The Balaban J connectivity index is 2.37. The van der Waals surface area contributed by atoms with Crippen LogP contribution in [0.15, 0.2) is 36.5 Å². The van der Waals surface area contributed by atoms with Gasteiger partial charge in [-0.25, -0.2) is 0 Å². The molecule has 1 aromatic carbocycles. The van der Waals surface area contributed by atoms with Crippen molar-refractivity contribution >= 4 is 11.6 Å². The van der Waals surface area contributed by atoms with Crippen LogP contribution in [0.25, 0.3) is 11.3 Å². The summed E-state index contributed by atoms with van der Waals surface area (Å²) in [5, 5.41) is -0.625. The van der Waals surface area contributed by atoms with Crippen LogP contribution in [0.1, 0.15) is 5.56 Å². The molecule has 0 fully saturated rings. The molecule has 0 amide bonds. The van der Waals surface area contributed by atoms with E-state index in [0.717, 1.165) is 30.5 Å². The van der Waals surface area contributed by atoms with Gasteiger partial charge in [-0.3, -0.25) is 4.98 Å². The molecule has 0 aliphatic carbocycles. The normalized spacial score (nSPS) is 12.3. The predicted octanol–water partition coefficient (Wildman–Crippen LogP) is 5.32. The van der Waals surface area contributed by atoms with Gasteiger partial charge < -0.3 is 4.74 Å². The highest BCUT2D eigenvalue weighted by Gasteiger charge is 2.34. The number of halogens is 7. The zero-order chi connectivity index (χ0) is 16.5. The fraction of sp³-hybridized carbons (Fsp3) is 0.154. The maximum Gasteiger partial charge on any atom is 0.573 e. The van der Waals surface area contributed by atoms with E-state index in [9.17, 15) is 26.3 Å². The van der Waals surface area contributed by atoms with Gasteiger partial charge in [0.25, 0.3) is 0 Å². The largest absolute Gasteiger partial charge is 0.573 e. The van der Waals surface area contributed by atoms with Crippen LogP contribution in [0.5, 0.6) is 5.75 Å². The number of alkyl halides is 6. The molecule has 0 saturated heterocycles. The third-order valence-electron chi connectivity index (χ3n) is 2.56. The Morgan fingerprint density at radius 3 is 2.00 bits per heavy atom. The Hall–Kier alpha value is -1.96. The molecule has 0 atom stereocenters. The van der Waals surface area contributed by atoms with Crippen molar-refractivity contribution in [2.24, 2.45) is 0 Å². The molecule has 0 aliphatic heterocycles. The first kappa shape index (κ1) is 16.4. The molecule has 0 unspecified atom stereocenters. The Kier molecular flexibility index (Phi) is 4.23. The molecule has 22 heavy (non-hydrogen) atoms. The third kappa shape index (κ3) is 3.82. The molecule has 0 saturated carbocycles. The lowest BCUT2D eigenvalue weighted by Gasteiger charge is -2.12. The van der Waals surface area contributed by atoms with Crippen LogP contribution in [-0.2, 0) is 6.18 Å². The number of aromatic nitrogens is 1. The van der Waals surface area contributed by atoms with Gasteiger partial charge in [0.05, 0.1) is 16.3 Å². The Morgan fingerprint density at radius 1 is 0.909 bits per heavy atom. The maximum atomic E-state index is 12.7. The third-order valence-corrected chi connectivity index (χ3v) is 2.94. The molecular weight excluding hydrogens is 336 g/mol. The van der Waals surface area contributed by atoms with Crippen molar-refractivity contribution in [2.75, 3.05) is 0 Å². The molecule has 0 radical (unpaired) electrons. The summed E-state index contributed by atoms with van der Waals surface area (Å²) >= 11 is 5.68. The lowest BCUT2D eigenvalue weighted by atomic mass is 10.1. The first-order valence-corrected chi connectivity index (χ1v) is 6.03. The average Bonchev–Trinajstić information content (AvgIpc) is 2.37. The van der Waals surface area contributed by atoms with Crippen LogP contribution in [-0.4, -0.2) is 11.3 Å². The second kappa shape index (κ2) is 5.68. The van der Waals surface area contributed by atoms with E-state index in [2.05, 4.69) is 9.72 Å². The quantitative estimate of drug-likeness (QED) is 0.690. The minimum Gasteiger partial charge on any atom is -0.406 e. The highest BCUT2D eigenvalue weighted by atomic mass is 35.5. The fourth-order valence-electron chi connectivity index (χ4n) is 1.68. The molecule has 0 spiro atoms. The summed E-state index contributed by atoms with van der Waals surface area (Å²) in [7, 11) is 0. The van der Waals surface area contributed by atoms with E-state index < -0.39 is 28.9 Å². The fourth-order valence-corrected chi connectivity index (χ4v) is 2.01. The molecule has 0 bridgehead atoms. The minimum absolute atomic E-state index is 0.130. The van der Waals surface area contributed by atoms with Gasteiger partial charge in [0, 0.05) is 11.8 Å². The molecule has 1 heterocycles. The molecule has 2 rings (SSSR count). The molecule has 9 heteroatoms. The van der Waals surface area contributed by atoms with Gasteiger partial charge in [-0.15, -0.1) is 13.2 Å². The van der Waals surface area contributed by atoms with Crippen molar-refractivity contribution in [1.82, 2.24) is 4.98 Å². The van der Waals surface area contributed by atoms with Crippen LogP contribution in [0.2, 0.25) is 5.02 Å². The van der Waals surface area contributed by atoms with Crippen molar-refractivity contribution < 1.29 is 31.1 Å². The zero-order valence-corrected chi connectivity index (χ0v) is 11.2. The number of rotatable bonds is 2. The van der Waals surface area contributed by atoms with Crippen LogP contribution in [0, 0.1) is 0 Å². The summed E-state index contributed by atoms with van der Waals surface area (Å²) in [4.78, 5) is 3.73. The average molecular weight is 342 g/mol. The molecule has 2 nitrogen and oxygen atoms in total. The van der Waals surface area contributed by atoms with Gasteiger partial charge in [0.2, 0.25) is 0 Å². The van der Waals surface area contributed by atoms with E-state index in [1.54, 1.807) is 0 Å². The molecule has 118 valence electrons. The maximum absolute atomic E-state index is 12.7. The van der Waals surface area contributed by atoms with Crippen LogP contribution in [0.3, 0.4) is 0 Å². The van der Waals surface area contributed by atoms with Crippen LogP contribution in [0.4, 0.5) is 26.3 Å². The van der Waals surface area contributed by atoms with E-state index >= 15 is 0 Å². The molecule has 1 aromatic heterocycles. The topological polar surface area (TPSA) is 22.1 Å². The second-order valence-corrected chi connectivity index (χ2v) is 4.47. The zero-order valence-electron chi connectivity index (χ0n) is 10.5. The molecule has 0 aliphatic rings. The lowest BCUT2D eigenvalue weighted by molar-refractivity contribution is -0.274. The minimum atomic E-state index is -4.85. The van der Waals surface area contributed by atoms with E-state index in [1.807, 2.05) is 0 Å². The second-order valence-electron chi connectivity index (χ2n) is 4.09. The van der Waals surface area contributed by atoms with Gasteiger partial charge in [-0.05, 0) is 30.3 Å². The molecule has 2 aromatic rings. The van der Waals surface area contributed by atoms with Gasteiger partial charge in [-0.1, -0.05) is 11.6 Å².